The lowest BCUT2D eigenvalue weighted by Gasteiger charge is -2.33. The van der Waals surface area contributed by atoms with Gasteiger partial charge in [0.1, 0.15) is 23.7 Å². The molecule has 2 N–H and O–H groups in total. The number of anilines is 1. The van der Waals surface area contributed by atoms with E-state index in [1.807, 2.05) is 13.0 Å². The number of alkyl halides is 2. The third-order valence-corrected chi connectivity index (χ3v) is 4.56. The van der Waals surface area contributed by atoms with Gasteiger partial charge in [-0.05, 0) is 43.4 Å². The molecule has 0 radical (unpaired) electrons. The summed E-state index contributed by atoms with van der Waals surface area (Å²) >= 11 is 5.46. The molecule has 2 heterocycles. The van der Waals surface area contributed by atoms with E-state index in [9.17, 15) is 8.78 Å². The van der Waals surface area contributed by atoms with Crippen LogP contribution in [0, 0.1) is 6.92 Å². The highest BCUT2D eigenvalue weighted by molar-refractivity contribution is 7.80. The average Bonchev–Trinajstić information content (AvgIpc) is 3.01. The molecule has 26 heavy (non-hydrogen) atoms. The monoisotopic (exact) mass is 383 g/mol. The summed E-state index contributed by atoms with van der Waals surface area (Å²) in [7, 11) is 0. The van der Waals surface area contributed by atoms with Crippen LogP contribution in [0.4, 0.5) is 14.5 Å². The number of rotatable bonds is 5. The first-order chi connectivity index (χ1) is 12.5. The van der Waals surface area contributed by atoms with Gasteiger partial charge in [0.25, 0.3) is 0 Å². The fraction of sp³-hybridized carbons (Fsp3) is 0.412. The smallest absolute Gasteiger partial charge is 0.387 e. The Morgan fingerprint density at radius 2 is 2.04 bits per heavy atom. The summed E-state index contributed by atoms with van der Waals surface area (Å²) in [5.74, 6) is 0.949. The van der Waals surface area contributed by atoms with Crippen LogP contribution >= 0.6 is 12.2 Å². The molecule has 0 aliphatic carbocycles. The second-order valence-corrected chi connectivity index (χ2v) is 6.56. The van der Waals surface area contributed by atoms with Gasteiger partial charge < -0.3 is 24.4 Å². The summed E-state index contributed by atoms with van der Waals surface area (Å²) in [6.07, 6.45) is 0. The van der Waals surface area contributed by atoms with Crippen molar-refractivity contribution in [2.24, 2.45) is 0 Å². The predicted molar refractivity (Wildman–Crippen MR) is 96.5 cm³/mol. The summed E-state index contributed by atoms with van der Waals surface area (Å²) in [5, 5.41) is 7.81. The van der Waals surface area contributed by atoms with Gasteiger partial charge in [-0.25, -0.2) is 0 Å². The minimum atomic E-state index is -2.82. The van der Waals surface area contributed by atoms with Gasteiger partial charge in [0, 0.05) is 11.8 Å². The Balaban J connectivity index is 1.46. The zero-order valence-electron chi connectivity index (χ0n) is 14.4. The molecule has 0 atom stereocenters. The van der Waals surface area contributed by atoms with Gasteiger partial charge >= 0.3 is 6.61 Å². The standard InChI is InChI=1S/C17H20F2N4O2S/c1-12-10-14(21-25-12)11-22-6-8-23(9-7-22)17(26)20-13-2-4-15(5-3-13)24-16(18)19/h2-5,10,16H,6-9,11H2,1H3,(H,20,26)/p+1. The third-order valence-electron chi connectivity index (χ3n) is 4.20. The average molecular weight is 383 g/mol. The zero-order valence-corrected chi connectivity index (χ0v) is 15.2. The van der Waals surface area contributed by atoms with Crippen molar-refractivity contribution in [2.75, 3.05) is 31.5 Å². The van der Waals surface area contributed by atoms with Crippen LogP contribution in [0.25, 0.3) is 0 Å². The Labute approximate surface area is 155 Å². The van der Waals surface area contributed by atoms with Gasteiger partial charge in [-0.1, -0.05) is 5.16 Å². The lowest BCUT2D eigenvalue weighted by Crippen LogP contribution is -3.13. The van der Waals surface area contributed by atoms with Crippen molar-refractivity contribution in [3.05, 3.63) is 41.8 Å². The quantitative estimate of drug-likeness (QED) is 0.767. The maximum atomic E-state index is 12.2. The van der Waals surface area contributed by atoms with Crippen molar-refractivity contribution in [1.82, 2.24) is 10.1 Å². The molecule has 0 bridgehead atoms. The van der Waals surface area contributed by atoms with Crippen molar-refractivity contribution in [1.29, 1.82) is 0 Å². The molecule has 1 aromatic carbocycles. The number of thiocarbonyl (C=S) groups is 1. The van der Waals surface area contributed by atoms with E-state index in [0.29, 0.717) is 5.11 Å². The van der Waals surface area contributed by atoms with Crippen molar-refractivity contribution in [3.63, 3.8) is 0 Å². The zero-order chi connectivity index (χ0) is 18.5. The largest absolute Gasteiger partial charge is 0.435 e. The first-order valence-corrected chi connectivity index (χ1v) is 8.77. The molecular weight excluding hydrogens is 362 g/mol. The van der Waals surface area contributed by atoms with Gasteiger partial charge in [0.05, 0.1) is 26.2 Å². The number of hydrogen-bond donors (Lipinski definition) is 2. The molecule has 1 saturated heterocycles. The van der Waals surface area contributed by atoms with E-state index < -0.39 is 6.61 Å². The number of aryl methyl sites for hydroxylation is 1. The second kappa shape index (κ2) is 8.41. The molecule has 0 saturated carbocycles. The summed E-state index contributed by atoms with van der Waals surface area (Å²) in [4.78, 5) is 3.54. The van der Waals surface area contributed by atoms with Crippen molar-refractivity contribution >= 4 is 23.0 Å². The van der Waals surface area contributed by atoms with Crippen LogP contribution in [0.1, 0.15) is 11.5 Å². The molecular formula is C17H21F2N4O2S+. The molecule has 1 fully saturated rings. The highest BCUT2D eigenvalue weighted by Gasteiger charge is 2.22. The van der Waals surface area contributed by atoms with E-state index in [0.717, 1.165) is 49.9 Å². The number of ether oxygens (including phenoxy) is 1. The van der Waals surface area contributed by atoms with Crippen molar-refractivity contribution in [2.45, 2.75) is 20.1 Å². The molecule has 9 heteroatoms. The first-order valence-electron chi connectivity index (χ1n) is 8.36. The van der Waals surface area contributed by atoms with E-state index in [2.05, 4.69) is 20.1 Å². The molecule has 1 aliphatic rings. The van der Waals surface area contributed by atoms with Crippen LogP contribution in [0.5, 0.6) is 5.75 Å². The predicted octanol–water partition coefficient (Wildman–Crippen LogP) is 1.68. The number of quaternary nitrogens is 1. The van der Waals surface area contributed by atoms with Crippen LogP contribution in [0.3, 0.4) is 0 Å². The number of nitrogens with one attached hydrogen (secondary N) is 2. The number of halogens is 2. The van der Waals surface area contributed by atoms with Gasteiger partial charge in [-0.3, -0.25) is 0 Å². The Morgan fingerprint density at radius 1 is 1.35 bits per heavy atom. The number of benzene rings is 1. The van der Waals surface area contributed by atoms with Crippen molar-refractivity contribution in [3.8, 4) is 5.75 Å². The minimum Gasteiger partial charge on any atom is -0.435 e. The molecule has 1 aromatic heterocycles. The van der Waals surface area contributed by atoms with Gasteiger partial charge in [-0.2, -0.15) is 8.78 Å². The fourth-order valence-corrected chi connectivity index (χ4v) is 3.18. The topological polar surface area (TPSA) is 55.0 Å². The first kappa shape index (κ1) is 18.5. The summed E-state index contributed by atoms with van der Waals surface area (Å²) in [5.41, 5.74) is 1.71. The summed E-state index contributed by atoms with van der Waals surface area (Å²) < 4.78 is 33.8. The Morgan fingerprint density at radius 3 is 2.62 bits per heavy atom. The highest BCUT2D eigenvalue weighted by Crippen LogP contribution is 2.18. The van der Waals surface area contributed by atoms with E-state index >= 15 is 0 Å². The van der Waals surface area contributed by atoms with Gasteiger partial charge in [0.2, 0.25) is 0 Å². The number of nitrogens with zero attached hydrogens (tertiary/aromatic N) is 2. The lowest BCUT2D eigenvalue weighted by molar-refractivity contribution is -0.917. The highest BCUT2D eigenvalue weighted by atomic mass is 32.1. The second-order valence-electron chi connectivity index (χ2n) is 6.18. The molecule has 6 nitrogen and oxygen atoms in total. The van der Waals surface area contributed by atoms with E-state index in [4.69, 9.17) is 16.7 Å². The van der Waals surface area contributed by atoms with Crippen LogP contribution in [-0.4, -0.2) is 48.0 Å². The van der Waals surface area contributed by atoms with Crippen LogP contribution < -0.4 is 15.0 Å². The molecule has 2 aromatic rings. The molecule has 0 unspecified atom stereocenters. The summed E-state index contributed by atoms with van der Waals surface area (Å²) in [6.45, 7) is 3.49. The Hall–Kier alpha value is -2.26. The van der Waals surface area contributed by atoms with Gasteiger partial charge in [0.15, 0.2) is 5.11 Å². The molecule has 0 amide bonds. The molecule has 1 aliphatic heterocycles. The van der Waals surface area contributed by atoms with Crippen molar-refractivity contribution < 1.29 is 22.9 Å². The molecule has 140 valence electrons. The summed E-state index contributed by atoms with van der Waals surface area (Å²) in [6, 6.07) is 8.27. The van der Waals surface area contributed by atoms with E-state index in [-0.39, 0.29) is 5.75 Å². The third kappa shape index (κ3) is 5.12. The molecule has 0 spiro atoms. The maximum absolute atomic E-state index is 12.2. The fourth-order valence-electron chi connectivity index (χ4n) is 2.88. The normalized spacial score (nSPS) is 15.3. The van der Waals surface area contributed by atoms with Crippen LogP contribution in [0.2, 0.25) is 0 Å². The van der Waals surface area contributed by atoms with Gasteiger partial charge in [-0.15, -0.1) is 0 Å². The molecule has 3 rings (SSSR count). The Bertz CT molecular complexity index is 731. The van der Waals surface area contributed by atoms with Crippen LogP contribution in [0.15, 0.2) is 34.9 Å². The number of piperazine rings is 1. The lowest BCUT2D eigenvalue weighted by atomic mass is 10.3. The minimum absolute atomic E-state index is 0.122. The van der Waals surface area contributed by atoms with E-state index in [1.54, 1.807) is 12.1 Å². The number of hydrogen-bond acceptors (Lipinski definition) is 4. The maximum Gasteiger partial charge on any atom is 0.387 e. The Kier molecular flexibility index (Phi) is 6.00. The van der Waals surface area contributed by atoms with Crippen LogP contribution in [-0.2, 0) is 6.54 Å². The SMILES string of the molecule is Cc1cc(C[NH+]2CCN(C(=S)Nc3ccc(OC(F)F)cc3)CC2)no1. The number of aromatic nitrogens is 1. The van der Waals surface area contributed by atoms with E-state index in [1.165, 1.54) is 17.0 Å².